The van der Waals surface area contributed by atoms with Gasteiger partial charge in [-0.2, -0.15) is 0 Å². The second kappa shape index (κ2) is 17.1. The van der Waals surface area contributed by atoms with Crippen LogP contribution in [0.3, 0.4) is 0 Å². The van der Waals surface area contributed by atoms with Crippen LogP contribution in [0.15, 0.2) is 11.6 Å². The maximum Gasteiger partial charge on any atom is 0.111 e. The molecule has 0 fully saturated rings. The van der Waals surface area contributed by atoms with E-state index in [0.29, 0.717) is 5.57 Å². The minimum absolute atomic E-state index is 0.209. The molecule has 0 amide bonds. The zero-order chi connectivity index (χ0) is 22.2. The van der Waals surface area contributed by atoms with Crippen molar-refractivity contribution in [3.8, 4) is 0 Å². The Labute approximate surface area is 185 Å². The van der Waals surface area contributed by atoms with E-state index in [9.17, 15) is 20.4 Å². The van der Waals surface area contributed by atoms with Gasteiger partial charge in [-0.3, -0.25) is 0 Å². The summed E-state index contributed by atoms with van der Waals surface area (Å²) in [6.07, 6.45) is 18.1. The van der Waals surface area contributed by atoms with E-state index in [1.165, 1.54) is 83.5 Å². The maximum atomic E-state index is 10.2. The summed E-state index contributed by atoms with van der Waals surface area (Å²) in [5.41, 5.74) is 0.369. The first kappa shape index (κ1) is 27.6. The summed E-state index contributed by atoms with van der Waals surface area (Å²) in [6, 6.07) is -0.229. The van der Waals surface area contributed by atoms with E-state index in [-0.39, 0.29) is 12.6 Å². The Hall–Kier alpha value is -0.460. The van der Waals surface area contributed by atoms with E-state index in [1.807, 2.05) is 0 Å². The number of nitrogens with one attached hydrogen (secondary N) is 1. The molecule has 30 heavy (non-hydrogen) atoms. The molecular formula is C25H49NO4. The molecule has 178 valence electrons. The molecule has 5 atom stereocenters. The van der Waals surface area contributed by atoms with Gasteiger partial charge in [0.25, 0.3) is 0 Å². The number of aliphatic hydroxyl groups is 4. The van der Waals surface area contributed by atoms with Crippen molar-refractivity contribution in [1.29, 1.82) is 0 Å². The van der Waals surface area contributed by atoms with Crippen molar-refractivity contribution in [3.63, 3.8) is 0 Å². The Morgan fingerprint density at radius 2 is 1.23 bits per heavy atom. The van der Waals surface area contributed by atoms with Gasteiger partial charge >= 0.3 is 0 Å². The SMILES string of the molecule is CCCCCCCCCCCCCCCCC(C)N[C@@H]1C=C(CO)C(O)[C@H](O)C1O. The lowest BCUT2D eigenvalue weighted by atomic mass is 9.88. The largest absolute Gasteiger partial charge is 0.392 e. The van der Waals surface area contributed by atoms with Gasteiger partial charge in [-0.1, -0.05) is 103 Å². The van der Waals surface area contributed by atoms with Gasteiger partial charge in [0.1, 0.15) is 18.3 Å². The van der Waals surface area contributed by atoms with Gasteiger partial charge in [0.15, 0.2) is 0 Å². The molecule has 0 aromatic carbocycles. The lowest BCUT2D eigenvalue weighted by Crippen LogP contribution is -2.55. The molecule has 0 spiro atoms. The molecule has 0 heterocycles. The van der Waals surface area contributed by atoms with E-state index < -0.39 is 24.4 Å². The molecule has 0 aromatic heterocycles. The third kappa shape index (κ3) is 11.2. The highest BCUT2D eigenvalue weighted by Gasteiger charge is 2.37. The second-order valence-electron chi connectivity index (χ2n) is 9.30. The Morgan fingerprint density at radius 1 is 0.767 bits per heavy atom. The molecule has 1 aliphatic carbocycles. The fraction of sp³-hybridized carbons (Fsp3) is 0.920. The quantitative estimate of drug-likeness (QED) is 0.167. The summed E-state index contributed by atoms with van der Waals surface area (Å²) in [5, 5.41) is 42.6. The summed E-state index contributed by atoms with van der Waals surface area (Å²) < 4.78 is 0. The highest BCUT2D eigenvalue weighted by molar-refractivity contribution is 5.21. The van der Waals surface area contributed by atoms with Gasteiger partial charge < -0.3 is 25.7 Å². The molecule has 5 nitrogen and oxygen atoms in total. The van der Waals surface area contributed by atoms with E-state index >= 15 is 0 Å². The van der Waals surface area contributed by atoms with Crippen LogP contribution in [0.2, 0.25) is 0 Å². The summed E-state index contributed by atoms with van der Waals surface area (Å²) >= 11 is 0. The molecule has 0 aromatic rings. The van der Waals surface area contributed by atoms with Crippen LogP contribution in [0.4, 0.5) is 0 Å². The summed E-state index contributed by atoms with van der Waals surface area (Å²) in [6.45, 7) is 4.04. The van der Waals surface area contributed by atoms with Crippen LogP contribution in [-0.4, -0.2) is 57.4 Å². The Kier molecular flexibility index (Phi) is 15.8. The number of rotatable bonds is 18. The van der Waals surface area contributed by atoms with Gasteiger partial charge in [0.05, 0.1) is 12.6 Å². The summed E-state index contributed by atoms with van der Waals surface area (Å²) in [5.74, 6) is 0. The Balaban J connectivity index is 2.00. The highest BCUT2D eigenvalue weighted by Crippen LogP contribution is 2.21. The number of unbranched alkanes of at least 4 members (excludes halogenated alkanes) is 13. The molecule has 5 N–H and O–H groups in total. The third-order valence-corrected chi connectivity index (χ3v) is 6.47. The summed E-state index contributed by atoms with van der Waals surface area (Å²) in [4.78, 5) is 0. The molecule has 0 saturated carbocycles. The van der Waals surface area contributed by atoms with E-state index in [4.69, 9.17) is 0 Å². The van der Waals surface area contributed by atoms with Gasteiger partial charge in [-0.25, -0.2) is 0 Å². The van der Waals surface area contributed by atoms with Crippen molar-refractivity contribution in [2.24, 2.45) is 0 Å². The van der Waals surface area contributed by atoms with Crippen LogP contribution >= 0.6 is 0 Å². The summed E-state index contributed by atoms with van der Waals surface area (Å²) in [7, 11) is 0. The monoisotopic (exact) mass is 427 g/mol. The molecule has 1 aliphatic rings. The lowest BCUT2D eigenvalue weighted by molar-refractivity contribution is -0.0652. The topological polar surface area (TPSA) is 93.0 Å². The Morgan fingerprint density at radius 3 is 1.70 bits per heavy atom. The normalized spacial score (nSPS) is 25.3. The predicted octanol–water partition coefficient (Wildman–Crippen LogP) is 4.22. The number of hydrogen-bond acceptors (Lipinski definition) is 5. The average molecular weight is 428 g/mol. The van der Waals surface area contributed by atoms with Crippen molar-refractivity contribution >= 4 is 0 Å². The lowest BCUT2D eigenvalue weighted by Gasteiger charge is -2.36. The molecular weight excluding hydrogens is 378 g/mol. The second-order valence-corrected chi connectivity index (χ2v) is 9.30. The van der Waals surface area contributed by atoms with Crippen molar-refractivity contribution in [3.05, 3.63) is 11.6 Å². The maximum absolute atomic E-state index is 10.2. The molecule has 1 rings (SSSR count). The fourth-order valence-electron chi connectivity index (χ4n) is 4.40. The van der Waals surface area contributed by atoms with Crippen LogP contribution < -0.4 is 5.32 Å². The average Bonchev–Trinajstić information content (AvgIpc) is 2.74. The van der Waals surface area contributed by atoms with Crippen LogP contribution in [0.1, 0.15) is 110 Å². The number of hydrogen-bond donors (Lipinski definition) is 5. The third-order valence-electron chi connectivity index (χ3n) is 6.47. The van der Waals surface area contributed by atoms with Gasteiger partial charge in [0.2, 0.25) is 0 Å². The first-order valence-electron chi connectivity index (χ1n) is 12.6. The molecule has 0 aliphatic heterocycles. The highest BCUT2D eigenvalue weighted by atomic mass is 16.4. The molecule has 5 heteroatoms. The first-order chi connectivity index (χ1) is 14.5. The van der Waals surface area contributed by atoms with Gasteiger partial charge in [0, 0.05) is 6.04 Å². The zero-order valence-electron chi connectivity index (χ0n) is 19.6. The van der Waals surface area contributed by atoms with Crippen molar-refractivity contribution < 1.29 is 20.4 Å². The Bertz CT molecular complexity index is 443. The van der Waals surface area contributed by atoms with Crippen molar-refractivity contribution in [1.82, 2.24) is 5.32 Å². The molecule has 0 bridgehead atoms. The fourth-order valence-corrected chi connectivity index (χ4v) is 4.40. The van der Waals surface area contributed by atoms with Crippen molar-refractivity contribution in [2.45, 2.75) is 141 Å². The smallest absolute Gasteiger partial charge is 0.111 e. The van der Waals surface area contributed by atoms with Crippen LogP contribution in [0, 0.1) is 0 Å². The molecule has 3 unspecified atom stereocenters. The minimum atomic E-state index is -1.26. The standard InChI is InChI=1S/C25H49NO4/c1-3-4-5-6-7-8-9-10-11-12-13-14-15-16-17-20(2)26-22-18-21(19-27)23(28)25(30)24(22)29/h18,20,22-30H,3-17,19H2,1-2H3/t20?,22-,23?,24?,25+/m1/s1. The predicted molar refractivity (Wildman–Crippen MR) is 125 cm³/mol. The van der Waals surface area contributed by atoms with E-state index in [0.717, 1.165) is 12.8 Å². The van der Waals surface area contributed by atoms with Crippen LogP contribution in [-0.2, 0) is 0 Å². The van der Waals surface area contributed by atoms with Crippen LogP contribution in [0.5, 0.6) is 0 Å². The first-order valence-corrected chi connectivity index (χ1v) is 12.6. The molecule has 0 saturated heterocycles. The van der Waals surface area contributed by atoms with E-state index in [1.54, 1.807) is 6.08 Å². The van der Waals surface area contributed by atoms with Gasteiger partial charge in [-0.05, 0) is 18.9 Å². The zero-order valence-corrected chi connectivity index (χ0v) is 19.6. The molecule has 0 radical (unpaired) electrons. The minimum Gasteiger partial charge on any atom is -0.392 e. The van der Waals surface area contributed by atoms with E-state index in [2.05, 4.69) is 19.2 Å². The van der Waals surface area contributed by atoms with Crippen LogP contribution in [0.25, 0.3) is 0 Å². The number of aliphatic hydroxyl groups excluding tert-OH is 4. The van der Waals surface area contributed by atoms with Gasteiger partial charge in [-0.15, -0.1) is 0 Å². The van der Waals surface area contributed by atoms with Crippen molar-refractivity contribution in [2.75, 3.05) is 6.61 Å².